The molecule has 8 heteroatoms. The molecule has 0 radical (unpaired) electrons. The summed E-state index contributed by atoms with van der Waals surface area (Å²) in [7, 11) is 3.01. The summed E-state index contributed by atoms with van der Waals surface area (Å²) in [6.45, 7) is 1.92. The Morgan fingerprint density at radius 3 is 1.74 bits per heavy atom. The monoisotopic (exact) mass is 526 g/mol. The van der Waals surface area contributed by atoms with E-state index in [1.54, 1.807) is 36.4 Å². The zero-order valence-electron chi connectivity index (χ0n) is 21.9. The van der Waals surface area contributed by atoms with E-state index in [4.69, 9.17) is 9.47 Å². The zero-order chi connectivity index (χ0) is 27.5. The highest BCUT2D eigenvalue weighted by Crippen LogP contribution is 2.31. The molecule has 2 amide bonds. The van der Waals surface area contributed by atoms with Crippen molar-refractivity contribution >= 4 is 22.6 Å². The summed E-state index contributed by atoms with van der Waals surface area (Å²) in [4.78, 5) is 30.1. The second-order valence-electron chi connectivity index (χ2n) is 9.55. The molecular weight excluding hydrogens is 496 g/mol. The molecule has 0 spiro atoms. The van der Waals surface area contributed by atoms with E-state index in [9.17, 15) is 19.8 Å². The van der Waals surface area contributed by atoms with Crippen molar-refractivity contribution in [1.82, 2.24) is 9.80 Å². The van der Waals surface area contributed by atoms with E-state index in [1.165, 1.54) is 19.1 Å². The summed E-state index contributed by atoms with van der Waals surface area (Å²) in [5.41, 5.74) is 2.96. The molecule has 200 valence electrons. The Bertz CT molecular complexity index is 1440. The average molecular weight is 527 g/mol. The predicted octanol–water partition coefficient (Wildman–Crippen LogP) is 4.96. The minimum Gasteiger partial charge on any atom is -0.504 e. The number of aromatic hydroxyl groups is 2. The molecule has 1 heterocycles. The molecule has 4 aromatic carbocycles. The number of ether oxygens (including phenoxy) is 2. The normalized spacial score (nSPS) is 12.8. The van der Waals surface area contributed by atoms with Crippen LogP contribution in [0, 0.1) is 0 Å². The van der Waals surface area contributed by atoms with E-state index in [0.29, 0.717) is 48.7 Å². The molecule has 0 atom stereocenters. The molecule has 5 rings (SSSR count). The van der Waals surface area contributed by atoms with Gasteiger partial charge in [0.2, 0.25) is 0 Å². The first-order valence-electron chi connectivity index (χ1n) is 12.7. The zero-order valence-corrected chi connectivity index (χ0v) is 21.9. The van der Waals surface area contributed by atoms with Gasteiger partial charge in [-0.15, -0.1) is 0 Å². The van der Waals surface area contributed by atoms with Crippen LogP contribution in [-0.2, 0) is 13.1 Å². The van der Waals surface area contributed by atoms with Gasteiger partial charge in [-0.2, -0.15) is 0 Å². The van der Waals surface area contributed by atoms with Crippen molar-refractivity contribution in [2.45, 2.75) is 19.5 Å². The third kappa shape index (κ3) is 5.24. The molecule has 1 aliphatic heterocycles. The summed E-state index contributed by atoms with van der Waals surface area (Å²) in [5.74, 6) is 0.346. The summed E-state index contributed by atoms with van der Waals surface area (Å²) in [6.07, 6.45) is 0.556. The first-order valence-corrected chi connectivity index (χ1v) is 12.7. The van der Waals surface area contributed by atoms with Gasteiger partial charge in [-0.1, -0.05) is 36.4 Å². The Morgan fingerprint density at radius 1 is 0.744 bits per heavy atom. The van der Waals surface area contributed by atoms with E-state index in [-0.39, 0.29) is 29.9 Å². The van der Waals surface area contributed by atoms with Crippen molar-refractivity contribution in [3.63, 3.8) is 0 Å². The third-order valence-electron chi connectivity index (χ3n) is 7.01. The van der Waals surface area contributed by atoms with Crippen molar-refractivity contribution in [3.05, 3.63) is 95.1 Å². The highest BCUT2D eigenvalue weighted by molar-refractivity contribution is 6.25. The Kier molecular flexibility index (Phi) is 7.38. The number of amides is 2. The van der Waals surface area contributed by atoms with E-state index < -0.39 is 0 Å². The van der Waals surface area contributed by atoms with Gasteiger partial charge in [0, 0.05) is 42.7 Å². The van der Waals surface area contributed by atoms with E-state index in [0.717, 1.165) is 21.9 Å². The van der Waals surface area contributed by atoms with Crippen LogP contribution in [0.5, 0.6) is 23.0 Å². The molecule has 4 aromatic rings. The van der Waals surface area contributed by atoms with Crippen LogP contribution in [-0.4, -0.2) is 59.1 Å². The molecule has 0 aliphatic carbocycles. The second kappa shape index (κ2) is 11.0. The molecule has 0 saturated heterocycles. The highest BCUT2D eigenvalue weighted by Gasteiger charge is 2.32. The van der Waals surface area contributed by atoms with Gasteiger partial charge >= 0.3 is 0 Å². The van der Waals surface area contributed by atoms with E-state index >= 15 is 0 Å². The molecule has 0 fully saturated rings. The molecular formula is C31H30N2O6. The number of benzene rings is 4. The minimum absolute atomic E-state index is 0.0634. The average Bonchev–Trinajstić information content (AvgIpc) is 2.95. The van der Waals surface area contributed by atoms with Gasteiger partial charge in [0.15, 0.2) is 23.0 Å². The fraction of sp³-hybridized carbons (Fsp3) is 0.226. The smallest absolute Gasteiger partial charge is 0.261 e. The number of nitrogens with zero attached hydrogens (tertiary/aromatic N) is 2. The largest absolute Gasteiger partial charge is 0.504 e. The maximum Gasteiger partial charge on any atom is 0.261 e. The molecule has 0 saturated carbocycles. The summed E-state index contributed by atoms with van der Waals surface area (Å²) >= 11 is 0. The predicted molar refractivity (Wildman–Crippen MR) is 147 cm³/mol. The number of phenolic OH excluding ortho intramolecular Hbond substituents is 2. The van der Waals surface area contributed by atoms with Crippen molar-refractivity contribution < 1.29 is 29.3 Å². The first kappa shape index (κ1) is 26.1. The lowest BCUT2D eigenvalue weighted by Gasteiger charge is -2.29. The van der Waals surface area contributed by atoms with Gasteiger partial charge in [0.1, 0.15) is 0 Å². The van der Waals surface area contributed by atoms with Crippen LogP contribution in [0.25, 0.3) is 10.8 Å². The van der Waals surface area contributed by atoms with Gasteiger partial charge < -0.3 is 19.7 Å². The Morgan fingerprint density at radius 2 is 1.26 bits per heavy atom. The van der Waals surface area contributed by atoms with Gasteiger partial charge in [0.05, 0.1) is 14.2 Å². The lowest BCUT2D eigenvalue weighted by Crippen LogP contribution is -2.41. The molecule has 8 nitrogen and oxygen atoms in total. The molecule has 0 aromatic heterocycles. The first-order chi connectivity index (χ1) is 18.9. The molecule has 0 unspecified atom stereocenters. The van der Waals surface area contributed by atoms with Crippen LogP contribution in [0.1, 0.15) is 38.3 Å². The molecule has 39 heavy (non-hydrogen) atoms. The Hall–Kier alpha value is -4.56. The van der Waals surface area contributed by atoms with E-state index in [1.807, 2.05) is 36.4 Å². The van der Waals surface area contributed by atoms with Crippen LogP contribution in [0.3, 0.4) is 0 Å². The molecule has 1 aliphatic rings. The lowest BCUT2D eigenvalue weighted by molar-refractivity contribution is 0.0602. The fourth-order valence-electron chi connectivity index (χ4n) is 5.11. The van der Waals surface area contributed by atoms with Crippen molar-refractivity contribution in [2.75, 3.05) is 27.3 Å². The number of rotatable bonds is 10. The molecule has 0 bridgehead atoms. The Balaban J connectivity index is 1.34. The van der Waals surface area contributed by atoms with Crippen LogP contribution >= 0.6 is 0 Å². The van der Waals surface area contributed by atoms with Crippen LogP contribution < -0.4 is 9.47 Å². The standard InChI is InChI=1S/C31H30N2O6/c1-38-27-16-20(10-12-25(27)34)18-32(19-21-11-13-26(35)28(17-21)39-2)14-5-15-33-30(36)23-8-3-6-22-7-4-9-24(29(22)23)31(33)37/h3-4,6-13,16-17,34-35H,5,14-15,18-19H2,1-2H3. The maximum absolute atomic E-state index is 13.3. The van der Waals surface area contributed by atoms with Gasteiger partial charge in [-0.25, -0.2) is 0 Å². The Labute approximate surface area is 226 Å². The maximum atomic E-state index is 13.3. The van der Waals surface area contributed by atoms with Gasteiger partial charge in [0.25, 0.3) is 11.8 Å². The lowest BCUT2D eigenvalue weighted by atomic mass is 9.94. The SMILES string of the molecule is COc1cc(CN(CCCN2C(=O)c3cccc4cccc(c34)C2=O)Cc2ccc(O)c(OC)c2)ccc1O. The highest BCUT2D eigenvalue weighted by atomic mass is 16.5. The number of methoxy groups -OCH3 is 2. The number of hydrogen-bond donors (Lipinski definition) is 2. The van der Waals surface area contributed by atoms with Crippen LogP contribution in [0.15, 0.2) is 72.8 Å². The number of carbonyl (C=O) groups excluding carboxylic acids is 2. The summed E-state index contributed by atoms with van der Waals surface area (Å²) < 4.78 is 10.5. The number of imide groups is 1. The quantitative estimate of drug-likeness (QED) is 0.282. The third-order valence-corrected chi connectivity index (χ3v) is 7.01. The fourth-order valence-corrected chi connectivity index (χ4v) is 5.11. The van der Waals surface area contributed by atoms with Crippen LogP contribution in [0.2, 0.25) is 0 Å². The van der Waals surface area contributed by atoms with Crippen molar-refractivity contribution in [2.24, 2.45) is 0 Å². The van der Waals surface area contributed by atoms with Gasteiger partial charge in [-0.05, 0) is 59.3 Å². The minimum atomic E-state index is -0.276. The molecule has 2 N–H and O–H groups in total. The van der Waals surface area contributed by atoms with Crippen molar-refractivity contribution in [1.29, 1.82) is 0 Å². The second-order valence-corrected chi connectivity index (χ2v) is 9.55. The number of hydrogen-bond acceptors (Lipinski definition) is 7. The summed E-state index contributed by atoms with van der Waals surface area (Å²) in [5, 5.41) is 21.6. The van der Waals surface area contributed by atoms with Crippen LogP contribution in [0.4, 0.5) is 0 Å². The number of carbonyl (C=O) groups is 2. The summed E-state index contributed by atoms with van der Waals surface area (Å²) in [6, 6.07) is 21.5. The number of phenols is 2. The topological polar surface area (TPSA) is 99.5 Å². The van der Waals surface area contributed by atoms with E-state index in [2.05, 4.69) is 4.90 Å². The van der Waals surface area contributed by atoms with Gasteiger partial charge in [-0.3, -0.25) is 19.4 Å². The van der Waals surface area contributed by atoms with Crippen molar-refractivity contribution in [3.8, 4) is 23.0 Å².